The number of rotatable bonds is 6. The van der Waals surface area contributed by atoms with Crippen molar-refractivity contribution in [2.75, 3.05) is 12.4 Å². The number of nitrogens with zero attached hydrogens (tertiary/aromatic N) is 5. The number of aromatic nitrogens is 5. The second-order valence-electron chi connectivity index (χ2n) is 8.53. The Bertz CT molecular complexity index is 1290. The third-order valence-corrected chi connectivity index (χ3v) is 6.64. The summed E-state index contributed by atoms with van der Waals surface area (Å²) in [6, 6.07) is 12.5. The maximum atomic E-state index is 13.6. The van der Waals surface area contributed by atoms with Crippen LogP contribution in [0.25, 0.3) is 5.69 Å². The molecule has 0 bridgehead atoms. The highest BCUT2D eigenvalue weighted by Gasteiger charge is 2.28. The molecule has 0 saturated carbocycles. The molecule has 9 heteroatoms. The second kappa shape index (κ2) is 9.46. The van der Waals surface area contributed by atoms with Gasteiger partial charge in [0.15, 0.2) is 0 Å². The van der Waals surface area contributed by atoms with Gasteiger partial charge in [-0.15, -0.1) is 5.10 Å². The van der Waals surface area contributed by atoms with Crippen LogP contribution in [0, 0.1) is 11.7 Å². The van der Waals surface area contributed by atoms with E-state index >= 15 is 0 Å². The molecule has 2 atom stereocenters. The number of aryl methyl sites for hydroxylation is 1. The van der Waals surface area contributed by atoms with Crippen LogP contribution in [0.4, 0.5) is 16.0 Å². The van der Waals surface area contributed by atoms with Crippen molar-refractivity contribution >= 4 is 23.2 Å². The molecule has 0 radical (unpaired) electrons. The highest BCUT2D eigenvalue weighted by molar-refractivity contribution is 6.29. The maximum Gasteiger partial charge on any atom is 0.246 e. The van der Waals surface area contributed by atoms with Gasteiger partial charge in [0, 0.05) is 30.4 Å². The molecule has 0 spiro atoms. The van der Waals surface area contributed by atoms with Crippen molar-refractivity contribution in [3.05, 3.63) is 77.3 Å². The lowest BCUT2D eigenvalue weighted by Gasteiger charge is -2.18. The zero-order chi connectivity index (χ0) is 23.7. The number of benzene rings is 2. The minimum Gasteiger partial charge on any atom is -0.494 e. The van der Waals surface area contributed by atoms with Gasteiger partial charge in [0.25, 0.3) is 0 Å². The van der Waals surface area contributed by atoms with E-state index in [1.165, 1.54) is 12.1 Å². The Balaban J connectivity index is 1.44. The average molecular weight is 481 g/mol. The molecule has 1 N–H and O–H groups in total. The Morgan fingerprint density at radius 3 is 2.74 bits per heavy atom. The number of halogens is 2. The van der Waals surface area contributed by atoms with Gasteiger partial charge in [-0.3, -0.25) is 0 Å². The highest BCUT2D eigenvalue weighted by atomic mass is 35.5. The smallest absolute Gasteiger partial charge is 0.246 e. The van der Waals surface area contributed by atoms with E-state index in [2.05, 4.69) is 17.2 Å². The molecule has 2 aromatic carbocycles. The minimum atomic E-state index is -0.233. The number of methoxy groups -OCH3 is 1. The van der Waals surface area contributed by atoms with Crippen molar-refractivity contribution in [1.29, 1.82) is 0 Å². The Hall–Kier alpha value is -3.39. The van der Waals surface area contributed by atoms with Crippen LogP contribution >= 0.6 is 11.6 Å². The van der Waals surface area contributed by atoms with Crippen LogP contribution in [-0.4, -0.2) is 31.4 Å². The Morgan fingerprint density at radius 2 is 2.03 bits per heavy atom. The molecule has 176 valence electrons. The van der Waals surface area contributed by atoms with Crippen LogP contribution in [-0.2, 0) is 6.54 Å². The van der Waals surface area contributed by atoms with E-state index in [9.17, 15) is 4.39 Å². The number of nitrogens with one attached hydrogen (secondary N) is 1. The van der Waals surface area contributed by atoms with Crippen molar-refractivity contribution in [3.63, 3.8) is 0 Å². The lowest BCUT2D eigenvalue weighted by Crippen LogP contribution is -2.09. The zero-order valence-corrected chi connectivity index (χ0v) is 19.8. The second-order valence-corrected chi connectivity index (χ2v) is 8.92. The zero-order valence-electron chi connectivity index (χ0n) is 19.1. The summed E-state index contributed by atoms with van der Waals surface area (Å²) >= 11 is 5.97. The lowest BCUT2D eigenvalue weighted by molar-refractivity contribution is 0.413. The molecule has 0 amide bonds. The van der Waals surface area contributed by atoms with Crippen LogP contribution < -0.4 is 10.1 Å². The van der Waals surface area contributed by atoms with E-state index in [0.29, 0.717) is 22.8 Å². The van der Waals surface area contributed by atoms with E-state index in [1.54, 1.807) is 24.2 Å². The van der Waals surface area contributed by atoms with E-state index < -0.39 is 0 Å². The topological polar surface area (TPSA) is 69.8 Å². The fraction of sp³-hybridized carbons (Fsp3) is 0.320. The van der Waals surface area contributed by atoms with Crippen LogP contribution in [0.5, 0.6) is 5.75 Å². The van der Waals surface area contributed by atoms with Gasteiger partial charge in [0.2, 0.25) is 5.95 Å². The first-order valence-electron chi connectivity index (χ1n) is 11.4. The monoisotopic (exact) mass is 480 g/mol. The van der Waals surface area contributed by atoms with Gasteiger partial charge in [0.05, 0.1) is 12.8 Å². The third-order valence-electron chi connectivity index (χ3n) is 6.45. The molecule has 0 fully saturated rings. The van der Waals surface area contributed by atoms with Gasteiger partial charge in [-0.25, -0.2) is 14.1 Å². The van der Waals surface area contributed by atoms with Crippen molar-refractivity contribution in [1.82, 2.24) is 24.3 Å². The van der Waals surface area contributed by atoms with Gasteiger partial charge in [-0.2, -0.15) is 4.98 Å². The molecule has 1 aliphatic heterocycles. The molecule has 3 heterocycles. The first kappa shape index (κ1) is 22.4. The summed E-state index contributed by atoms with van der Waals surface area (Å²) in [5.41, 5.74) is 2.69. The fourth-order valence-corrected chi connectivity index (χ4v) is 4.72. The number of ether oxygens (including phenoxy) is 1. The van der Waals surface area contributed by atoms with Crippen molar-refractivity contribution in [3.8, 4) is 11.4 Å². The summed E-state index contributed by atoms with van der Waals surface area (Å²) in [4.78, 5) is 8.93. The SMILES string of the molecule is CCC1CCn2nc(Nc3ccc(-n4cnc(Cl)c4)c(OC)c3)nc2C(c2ccc(F)cc2)C1. The minimum absolute atomic E-state index is 0.0685. The molecule has 34 heavy (non-hydrogen) atoms. The van der Waals surface area contributed by atoms with E-state index in [-0.39, 0.29) is 11.7 Å². The van der Waals surface area contributed by atoms with Crippen molar-refractivity contribution in [2.45, 2.75) is 38.6 Å². The fourth-order valence-electron chi connectivity index (χ4n) is 4.57. The predicted molar refractivity (Wildman–Crippen MR) is 130 cm³/mol. The Labute approximate surface area is 202 Å². The molecule has 1 aliphatic rings. The summed E-state index contributed by atoms with van der Waals surface area (Å²) < 4.78 is 22.9. The number of hydrogen-bond acceptors (Lipinski definition) is 5. The molecule has 2 unspecified atom stereocenters. The molecule has 0 aliphatic carbocycles. The van der Waals surface area contributed by atoms with Crippen molar-refractivity contribution in [2.24, 2.45) is 5.92 Å². The number of anilines is 2. The number of hydrogen-bond donors (Lipinski definition) is 1. The summed E-state index contributed by atoms with van der Waals surface area (Å²) in [5.74, 6) is 2.50. The van der Waals surface area contributed by atoms with Gasteiger partial charge in [0.1, 0.15) is 28.9 Å². The molecule has 0 saturated heterocycles. The van der Waals surface area contributed by atoms with Crippen LogP contribution in [0.1, 0.15) is 43.5 Å². The first-order chi connectivity index (χ1) is 16.5. The molecule has 5 rings (SSSR count). The molecule has 4 aromatic rings. The third kappa shape index (κ3) is 4.50. The summed E-state index contributed by atoms with van der Waals surface area (Å²) in [6.45, 7) is 3.03. The standard InChI is InChI=1S/C25H26ClFN6O/c1-3-16-10-11-33-24(20(12-16)17-4-6-18(27)7-5-17)30-25(31-33)29-19-8-9-21(22(13-19)34-2)32-14-23(26)28-15-32/h4-9,13-16,20H,3,10-12H2,1-2H3,(H,29,31). The summed E-state index contributed by atoms with van der Waals surface area (Å²) in [5, 5.41) is 8.48. The lowest BCUT2D eigenvalue weighted by atomic mass is 9.86. The maximum absolute atomic E-state index is 13.6. The molecular weight excluding hydrogens is 455 g/mol. The van der Waals surface area contributed by atoms with Crippen molar-refractivity contribution < 1.29 is 9.13 Å². The number of fused-ring (bicyclic) bond motifs is 1. The Kier molecular flexibility index (Phi) is 6.24. The average Bonchev–Trinajstić information content (AvgIpc) is 3.41. The predicted octanol–water partition coefficient (Wildman–Crippen LogP) is 5.96. The van der Waals surface area contributed by atoms with E-state index in [4.69, 9.17) is 26.4 Å². The normalized spacial score (nSPS) is 17.8. The van der Waals surface area contributed by atoms with E-state index in [1.807, 2.05) is 35.0 Å². The summed E-state index contributed by atoms with van der Waals surface area (Å²) in [6.07, 6.45) is 6.47. The molecule has 7 nitrogen and oxygen atoms in total. The van der Waals surface area contributed by atoms with Gasteiger partial charge in [-0.05, 0) is 48.6 Å². The van der Waals surface area contributed by atoms with E-state index in [0.717, 1.165) is 48.6 Å². The Morgan fingerprint density at radius 1 is 1.21 bits per heavy atom. The van der Waals surface area contributed by atoms with Gasteiger partial charge < -0.3 is 14.6 Å². The number of imidazole rings is 1. The summed E-state index contributed by atoms with van der Waals surface area (Å²) in [7, 11) is 1.62. The highest BCUT2D eigenvalue weighted by Crippen LogP contribution is 2.36. The van der Waals surface area contributed by atoms with Crippen LogP contribution in [0.3, 0.4) is 0 Å². The quantitative estimate of drug-likeness (QED) is 0.368. The van der Waals surface area contributed by atoms with Crippen LogP contribution in [0.2, 0.25) is 5.15 Å². The largest absolute Gasteiger partial charge is 0.494 e. The van der Waals surface area contributed by atoms with Crippen LogP contribution in [0.15, 0.2) is 55.0 Å². The molecular formula is C25H26ClFN6O. The van der Waals surface area contributed by atoms with Gasteiger partial charge in [-0.1, -0.05) is 37.1 Å². The molecule has 2 aromatic heterocycles. The van der Waals surface area contributed by atoms with Gasteiger partial charge >= 0.3 is 0 Å². The first-order valence-corrected chi connectivity index (χ1v) is 11.8.